The number of furan rings is 1. The average Bonchev–Trinajstić information content (AvgIpc) is 3.09. The second kappa shape index (κ2) is 5.37. The van der Waals surface area contributed by atoms with Gasteiger partial charge in [-0.3, -0.25) is 0 Å². The van der Waals surface area contributed by atoms with Gasteiger partial charge in [-0.15, -0.1) is 0 Å². The van der Waals surface area contributed by atoms with E-state index in [1.54, 1.807) is 12.1 Å². The van der Waals surface area contributed by atoms with Crippen molar-refractivity contribution in [3.05, 3.63) is 45.1 Å². The quantitative estimate of drug-likeness (QED) is 0.788. The van der Waals surface area contributed by atoms with E-state index in [1.807, 2.05) is 12.1 Å². The summed E-state index contributed by atoms with van der Waals surface area (Å²) < 4.78 is 5.77. The van der Waals surface area contributed by atoms with Crippen molar-refractivity contribution in [2.24, 2.45) is 0 Å². The van der Waals surface area contributed by atoms with Crippen molar-refractivity contribution in [3.63, 3.8) is 0 Å². The number of rotatable bonds is 4. The van der Waals surface area contributed by atoms with Crippen LogP contribution in [0.2, 0.25) is 15.1 Å². The molecule has 1 aliphatic carbocycles. The Labute approximate surface area is 126 Å². The fourth-order valence-electron chi connectivity index (χ4n) is 1.86. The Morgan fingerprint density at radius 2 is 1.79 bits per heavy atom. The van der Waals surface area contributed by atoms with Crippen LogP contribution in [0.25, 0.3) is 11.3 Å². The zero-order chi connectivity index (χ0) is 13.4. The third kappa shape index (κ3) is 3.09. The van der Waals surface area contributed by atoms with Crippen molar-refractivity contribution in [2.75, 3.05) is 0 Å². The van der Waals surface area contributed by atoms with E-state index >= 15 is 0 Å². The first-order chi connectivity index (χ1) is 9.13. The summed E-state index contributed by atoms with van der Waals surface area (Å²) in [5.74, 6) is 1.60. The summed E-state index contributed by atoms with van der Waals surface area (Å²) in [7, 11) is 0. The van der Waals surface area contributed by atoms with Crippen LogP contribution in [0.1, 0.15) is 18.6 Å². The van der Waals surface area contributed by atoms with E-state index in [1.165, 1.54) is 12.8 Å². The molecule has 3 rings (SSSR count). The summed E-state index contributed by atoms with van der Waals surface area (Å²) in [4.78, 5) is 0. The lowest BCUT2D eigenvalue weighted by Crippen LogP contribution is -2.14. The number of benzene rings is 1. The highest BCUT2D eigenvalue weighted by Gasteiger charge is 2.20. The first kappa shape index (κ1) is 13.3. The van der Waals surface area contributed by atoms with E-state index in [2.05, 4.69) is 5.32 Å². The minimum Gasteiger partial charge on any atom is -0.460 e. The average molecular weight is 317 g/mol. The van der Waals surface area contributed by atoms with Crippen LogP contribution in [0.15, 0.2) is 28.7 Å². The molecule has 19 heavy (non-hydrogen) atoms. The maximum Gasteiger partial charge on any atom is 0.135 e. The molecule has 0 aliphatic heterocycles. The van der Waals surface area contributed by atoms with Crippen molar-refractivity contribution in [1.29, 1.82) is 0 Å². The van der Waals surface area contributed by atoms with Gasteiger partial charge in [0.15, 0.2) is 0 Å². The molecule has 0 radical (unpaired) electrons. The fraction of sp³-hybridized carbons (Fsp3) is 0.286. The van der Waals surface area contributed by atoms with Crippen molar-refractivity contribution in [2.45, 2.75) is 25.4 Å². The number of hydrogen-bond acceptors (Lipinski definition) is 2. The van der Waals surface area contributed by atoms with E-state index in [9.17, 15) is 0 Å². The zero-order valence-corrected chi connectivity index (χ0v) is 12.3. The summed E-state index contributed by atoms with van der Waals surface area (Å²) in [6.07, 6.45) is 2.51. The summed E-state index contributed by atoms with van der Waals surface area (Å²) in [6.45, 7) is 0.740. The van der Waals surface area contributed by atoms with Crippen LogP contribution in [0.5, 0.6) is 0 Å². The summed E-state index contributed by atoms with van der Waals surface area (Å²) in [5.41, 5.74) is 0.758. The second-order valence-electron chi connectivity index (χ2n) is 4.67. The van der Waals surface area contributed by atoms with Crippen LogP contribution >= 0.6 is 34.8 Å². The smallest absolute Gasteiger partial charge is 0.135 e. The lowest BCUT2D eigenvalue weighted by atomic mass is 10.2. The predicted octanol–water partition coefficient (Wildman–Crippen LogP) is 5.16. The van der Waals surface area contributed by atoms with Gasteiger partial charge in [-0.2, -0.15) is 0 Å². The molecule has 1 aromatic carbocycles. The van der Waals surface area contributed by atoms with Crippen molar-refractivity contribution in [1.82, 2.24) is 5.32 Å². The summed E-state index contributed by atoms with van der Waals surface area (Å²) in [6, 6.07) is 7.86. The van der Waals surface area contributed by atoms with Gasteiger partial charge in [0.1, 0.15) is 11.5 Å². The van der Waals surface area contributed by atoms with Gasteiger partial charge in [0, 0.05) is 11.6 Å². The van der Waals surface area contributed by atoms with Gasteiger partial charge in [-0.1, -0.05) is 34.8 Å². The number of halogens is 3. The number of hydrogen-bond donors (Lipinski definition) is 1. The second-order valence-corrected chi connectivity index (χ2v) is 5.89. The van der Waals surface area contributed by atoms with E-state index in [-0.39, 0.29) is 0 Å². The van der Waals surface area contributed by atoms with Gasteiger partial charge < -0.3 is 9.73 Å². The van der Waals surface area contributed by atoms with Gasteiger partial charge in [0.25, 0.3) is 0 Å². The molecule has 0 bridgehead atoms. The monoisotopic (exact) mass is 315 g/mol. The Balaban J connectivity index is 1.83. The predicted molar refractivity (Wildman–Crippen MR) is 79.0 cm³/mol. The van der Waals surface area contributed by atoms with Gasteiger partial charge >= 0.3 is 0 Å². The highest BCUT2D eigenvalue weighted by Crippen LogP contribution is 2.36. The van der Waals surface area contributed by atoms with E-state index in [0.717, 1.165) is 17.9 Å². The largest absolute Gasteiger partial charge is 0.460 e. The molecule has 100 valence electrons. The molecule has 1 saturated carbocycles. The third-order valence-corrected chi connectivity index (χ3v) is 4.11. The first-order valence-electron chi connectivity index (χ1n) is 6.10. The minimum absolute atomic E-state index is 0.442. The van der Waals surface area contributed by atoms with Crippen LogP contribution in [-0.2, 0) is 6.54 Å². The lowest BCUT2D eigenvalue weighted by molar-refractivity contribution is 0.492. The normalized spacial score (nSPS) is 14.9. The molecule has 0 unspecified atom stereocenters. The molecule has 0 spiro atoms. The molecule has 2 aromatic rings. The maximum absolute atomic E-state index is 6.16. The van der Waals surface area contributed by atoms with Crippen LogP contribution in [-0.4, -0.2) is 6.04 Å². The van der Waals surface area contributed by atoms with Crippen LogP contribution in [0, 0.1) is 0 Å². The van der Waals surface area contributed by atoms with Gasteiger partial charge in [0.05, 0.1) is 21.6 Å². The summed E-state index contributed by atoms with van der Waals surface area (Å²) in [5, 5.41) is 4.84. The van der Waals surface area contributed by atoms with Crippen molar-refractivity contribution in [3.8, 4) is 11.3 Å². The van der Waals surface area contributed by atoms with E-state index < -0.39 is 0 Å². The Morgan fingerprint density at radius 1 is 1.05 bits per heavy atom. The molecule has 1 heterocycles. The first-order valence-corrected chi connectivity index (χ1v) is 7.24. The van der Waals surface area contributed by atoms with Crippen molar-refractivity contribution >= 4 is 34.8 Å². The minimum atomic E-state index is 0.442. The molecule has 0 saturated heterocycles. The molecule has 0 atom stereocenters. The molecule has 5 heteroatoms. The Morgan fingerprint density at radius 3 is 2.53 bits per heavy atom. The Kier molecular flexibility index (Phi) is 3.77. The number of nitrogens with one attached hydrogen (secondary N) is 1. The molecule has 1 fully saturated rings. The van der Waals surface area contributed by atoms with Gasteiger partial charge in [-0.25, -0.2) is 0 Å². The highest BCUT2D eigenvalue weighted by atomic mass is 35.5. The maximum atomic E-state index is 6.16. The standard InChI is InChI=1S/C14H12Cl3NO/c15-11-6-13(17)12(16)5-10(11)14-4-3-9(19-14)7-18-8-1-2-8/h3-6,8,18H,1-2,7H2. The topological polar surface area (TPSA) is 25.2 Å². The molecular weight excluding hydrogens is 305 g/mol. The van der Waals surface area contributed by atoms with E-state index in [4.69, 9.17) is 39.2 Å². The molecule has 1 aromatic heterocycles. The molecule has 0 amide bonds. The molecular formula is C14H12Cl3NO. The van der Waals surface area contributed by atoms with Crippen LogP contribution < -0.4 is 5.32 Å². The fourth-order valence-corrected chi connectivity index (χ4v) is 2.50. The Bertz CT molecular complexity index is 605. The van der Waals surface area contributed by atoms with Crippen molar-refractivity contribution < 1.29 is 4.42 Å². The van der Waals surface area contributed by atoms with Crippen LogP contribution in [0.3, 0.4) is 0 Å². The van der Waals surface area contributed by atoms with Gasteiger partial charge in [-0.05, 0) is 37.1 Å². The zero-order valence-electron chi connectivity index (χ0n) is 10.1. The van der Waals surface area contributed by atoms with Gasteiger partial charge in [0.2, 0.25) is 0 Å². The molecule has 2 nitrogen and oxygen atoms in total. The van der Waals surface area contributed by atoms with Crippen LogP contribution in [0.4, 0.5) is 0 Å². The highest BCUT2D eigenvalue weighted by molar-refractivity contribution is 6.44. The SMILES string of the molecule is Clc1cc(Cl)c(-c2ccc(CNC3CC3)o2)cc1Cl. The van der Waals surface area contributed by atoms with E-state index in [0.29, 0.717) is 26.9 Å². The molecule has 1 aliphatic rings. The Hall–Kier alpha value is -0.670. The lowest BCUT2D eigenvalue weighted by Gasteiger charge is -2.04. The molecule has 1 N–H and O–H groups in total. The summed E-state index contributed by atoms with van der Waals surface area (Å²) >= 11 is 18.1. The third-order valence-electron chi connectivity index (χ3n) is 3.08.